The van der Waals surface area contributed by atoms with E-state index in [4.69, 9.17) is 21.1 Å². The summed E-state index contributed by atoms with van der Waals surface area (Å²) in [5.41, 5.74) is 1.97. The average molecular weight is 318 g/mol. The van der Waals surface area contributed by atoms with Crippen LogP contribution < -0.4 is 5.32 Å². The van der Waals surface area contributed by atoms with Gasteiger partial charge in [-0.25, -0.2) is 4.68 Å². The van der Waals surface area contributed by atoms with Crippen LogP contribution in [-0.4, -0.2) is 14.9 Å². The van der Waals surface area contributed by atoms with Crippen molar-refractivity contribution in [3.05, 3.63) is 64.7 Å². The fraction of sp³-hybridized carbons (Fsp3) is 0.188. The molecular weight excluding hydrogens is 302 g/mol. The Hall–Kier alpha value is -2.24. The molecule has 0 aliphatic heterocycles. The number of anilines is 1. The Morgan fingerprint density at radius 1 is 1.18 bits per heavy atom. The molecule has 0 atom stereocenters. The molecule has 0 radical (unpaired) electrons. The number of furan rings is 1. The third-order valence-electron chi connectivity index (χ3n) is 3.28. The molecule has 2 N–H and O–H groups in total. The van der Waals surface area contributed by atoms with Crippen molar-refractivity contribution in [2.45, 2.75) is 20.1 Å². The first-order valence-corrected chi connectivity index (χ1v) is 7.28. The Morgan fingerprint density at radius 3 is 2.59 bits per heavy atom. The zero-order valence-corrected chi connectivity index (χ0v) is 12.8. The van der Waals surface area contributed by atoms with E-state index in [1.807, 2.05) is 48.0 Å². The van der Waals surface area contributed by atoms with Gasteiger partial charge in [-0.05, 0) is 43.3 Å². The Labute approximate surface area is 133 Å². The highest BCUT2D eigenvalue weighted by Crippen LogP contribution is 2.18. The van der Waals surface area contributed by atoms with Gasteiger partial charge in [0, 0.05) is 16.8 Å². The molecule has 0 unspecified atom stereocenters. The molecule has 3 aromatic rings. The predicted molar refractivity (Wildman–Crippen MR) is 85.3 cm³/mol. The second-order valence-corrected chi connectivity index (χ2v) is 5.38. The monoisotopic (exact) mass is 317 g/mol. The van der Waals surface area contributed by atoms with Crippen molar-refractivity contribution in [2.75, 3.05) is 5.32 Å². The first-order chi connectivity index (χ1) is 10.7. The van der Waals surface area contributed by atoms with Crippen LogP contribution in [0.25, 0.3) is 5.69 Å². The molecule has 114 valence electrons. The normalized spacial score (nSPS) is 10.9. The molecule has 1 aromatic carbocycles. The number of benzene rings is 1. The van der Waals surface area contributed by atoms with E-state index in [-0.39, 0.29) is 6.61 Å². The molecule has 0 aliphatic carbocycles. The van der Waals surface area contributed by atoms with Gasteiger partial charge in [0.15, 0.2) is 0 Å². The molecule has 0 bridgehead atoms. The summed E-state index contributed by atoms with van der Waals surface area (Å²) in [6, 6.07) is 13.1. The van der Waals surface area contributed by atoms with Gasteiger partial charge in [0.05, 0.1) is 12.2 Å². The van der Waals surface area contributed by atoms with Gasteiger partial charge in [-0.3, -0.25) is 0 Å². The minimum absolute atomic E-state index is 0.0930. The van der Waals surface area contributed by atoms with Crippen LogP contribution in [0.2, 0.25) is 5.02 Å². The summed E-state index contributed by atoms with van der Waals surface area (Å²) in [6.45, 7) is 2.41. The smallest absolute Gasteiger partial charge is 0.149 e. The molecule has 0 spiro atoms. The molecule has 0 saturated carbocycles. The first kappa shape index (κ1) is 14.7. The maximum atomic E-state index is 8.98. The van der Waals surface area contributed by atoms with E-state index in [2.05, 4.69) is 10.4 Å². The van der Waals surface area contributed by atoms with Crippen molar-refractivity contribution < 1.29 is 9.52 Å². The Kier molecular flexibility index (Phi) is 4.18. The number of aliphatic hydroxyl groups excluding tert-OH is 1. The van der Waals surface area contributed by atoms with E-state index >= 15 is 0 Å². The van der Waals surface area contributed by atoms with Crippen molar-refractivity contribution >= 4 is 17.4 Å². The second-order valence-electron chi connectivity index (χ2n) is 4.94. The zero-order valence-electron chi connectivity index (χ0n) is 12.1. The highest BCUT2D eigenvalue weighted by molar-refractivity contribution is 6.30. The maximum Gasteiger partial charge on any atom is 0.149 e. The molecule has 2 heterocycles. The number of rotatable bonds is 5. The zero-order chi connectivity index (χ0) is 15.5. The first-order valence-electron chi connectivity index (χ1n) is 6.90. The van der Waals surface area contributed by atoms with Crippen LogP contribution in [0.1, 0.15) is 17.2 Å². The largest absolute Gasteiger partial charge is 0.462 e. The van der Waals surface area contributed by atoms with Gasteiger partial charge in [-0.2, -0.15) is 5.10 Å². The molecular formula is C16H16ClN3O2. The third-order valence-corrected chi connectivity index (χ3v) is 3.53. The SMILES string of the molecule is Cc1cc(NCc2ccc(CO)o2)nn1-c1ccc(Cl)cc1. The number of aromatic nitrogens is 2. The summed E-state index contributed by atoms with van der Waals surface area (Å²) in [4.78, 5) is 0. The van der Waals surface area contributed by atoms with E-state index in [0.717, 1.165) is 23.0 Å². The third kappa shape index (κ3) is 3.16. The molecule has 0 amide bonds. The summed E-state index contributed by atoms with van der Waals surface area (Å²) in [7, 11) is 0. The van der Waals surface area contributed by atoms with Gasteiger partial charge in [0.1, 0.15) is 23.9 Å². The molecule has 2 aromatic heterocycles. The summed E-state index contributed by atoms with van der Waals surface area (Å²) >= 11 is 5.91. The van der Waals surface area contributed by atoms with E-state index in [0.29, 0.717) is 17.3 Å². The highest BCUT2D eigenvalue weighted by Gasteiger charge is 2.07. The number of aliphatic hydroxyl groups is 1. The van der Waals surface area contributed by atoms with Crippen LogP contribution in [0, 0.1) is 6.92 Å². The lowest BCUT2D eigenvalue weighted by Gasteiger charge is -2.04. The molecule has 3 rings (SSSR count). The van der Waals surface area contributed by atoms with E-state index in [1.54, 1.807) is 6.07 Å². The topological polar surface area (TPSA) is 63.2 Å². The highest BCUT2D eigenvalue weighted by atomic mass is 35.5. The van der Waals surface area contributed by atoms with Crippen LogP contribution in [0.3, 0.4) is 0 Å². The summed E-state index contributed by atoms with van der Waals surface area (Å²) < 4.78 is 7.27. The number of hydrogen-bond donors (Lipinski definition) is 2. The van der Waals surface area contributed by atoms with Crippen LogP contribution in [0.15, 0.2) is 46.9 Å². The number of nitrogens with zero attached hydrogens (tertiary/aromatic N) is 2. The van der Waals surface area contributed by atoms with Crippen molar-refractivity contribution in [2.24, 2.45) is 0 Å². The van der Waals surface area contributed by atoms with Gasteiger partial charge in [-0.1, -0.05) is 11.6 Å². The number of halogens is 1. The Bertz CT molecular complexity index is 762. The lowest BCUT2D eigenvalue weighted by molar-refractivity contribution is 0.244. The number of nitrogens with one attached hydrogen (secondary N) is 1. The van der Waals surface area contributed by atoms with Gasteiger partial charge < -0.3 is 14.8 Å². The predicted octanol–water partition coefficient (Wildman–Crippen LogP) is 3.53. The lowest BCUT2D eigenvalue weighted by Crippen LogP contribution is -2.01. The minimum atomic E-state index is -0.0930. The van der Waals surface area contributed by atoms with E-state index in [9.17, 15) is 0 Å². The fourth-order valence-corrected chi connectivity index (χ4v) is 2.31. The number of aryl methyl sites for hydroxylation is 1. The van der Waals surface area contributed by atoms with Gasteiger partial charge in [0.25, 0.3) is 0 Å². The summed E-state index contributed by atoms with van der Waals surface area (Å²) in [5, 5.41) is 17.4. The average Bonchev–Trinajstić information content (AvgIpc) is 3.12. The van der Waals surface area contributed by atoms with Crippen molar-refractivity contribution in [3.63, 3.8) is 0 Å². The van der Waals surface area contributed by atoms with Crippen LogP contribution in [0.4, 0.5) is 5.82 Å². The van der Waals surface area contributed by atoms with Gasteiger partial charge in [-0.15, -0.1) is 0 Å². The van der Waals surface area contributed by atoms with Crippen LogP contribution in [-0.2, 0) is 13.2 Å². The van der Waals surface area contributed by atoms with E-state index in [1.165, 1.54) is 0 Å². The fourth-order valence-electron chi connectivity index (χ4n) is 2.18. The summed E-state index contributed by atoms with van der Waals surface area (Å²) in [5.74, 6) is 2.07. The Balaban J connectivity index is 1.73. The number of hydrogen-bond acceptors (Lipinski definition) is 4. The van der Waals surface area contributed by atoms with Gasteiger partial charge >= 0.3 is 0 Å². The second kappa shape index (κ2) is 6.25. The molecule has 0 saturated heterocycles. The lowest BCUT2D eigenvalue weighted by atomic mass is 10.3. The van der Waals surface area contributed by atoms with Crippen LogP contribution >= 0.6 is 11.6 Å². The van der Waals surface area contributed by atoms with Crippen LogP contribution in [0.5, 0.6) is 0 Å². The summed E-state index contributed by atoms with van der Waals surface area (Å²) in [6.07, 6.45) is 0. The van der Waals surface area contributed by atoms with Crippen molar-refractivity contribution in [1.29, 1.82) is 0 Å². The minimum Gasteiger partial charge on any atom is -0.462 e. The quantitative estimate of drug-likeness (QED) is 0.755. The van der Waals surface area contributed by atoms with Crippen molar-refractivity contribution in [3.8, 4) is 5.69 Å². The molecule has 5 nitrogen and oxygen atoms in total. The Morgan fingerprint density at radius 2 is 1.91 bits per heavy atom. The molecule has 0 aliphatic rings. The molecule has 22 heavy (non-hydrogen) atoms. The molecule has 0 fully saturated rings. The van der Waals surface area contributed by atoms with E-state index < -0.39 is 0 Å². The maximum absolute atomic E-state index is 8.98. The van der Waals surface area contributed by atoms with Crippen molar-refractivity contribution in [1.82, 2.24) is 9.78 Å². The van der Waals surface area contributed by atoms with Gasteiger partial charge in [0.2, 0.25) is 0 Å². The standard InChI is InChI=1S/C16H16ClN3O2/c1-11-8-16(18-9-14-6-7-15(10-21)22-14)19-20(11)13-4-2-12(17)3-5-13/h2-8,21H,9-10H2,1H3,(H,18,19). The molecule has 6 heteroatoms.